The lowest BCUT2D eigenvalue weighted by atomic mass is 9.76. The van der Waals surface area contributed by atoms with E-state index in [9.17, 15) is 9.59 Å². The van der Waals surface area contributed by atoms with Gasteiger partial charge in [-0.05, 0) is 24.3 Å². The number of likely N-dealkylation sites (tertiary alicyclic amines) is 1. The quantitative estimate of drug-likeness (QED) is 0.735. The second-order valence-corrected chi connectivity index (χ2v) is 7.73. The second-order valence-electron chi connectivity index (χ2n) is 7.73. The first-order valence-corrected chi connectivity index (χ1v) is 9.76. The average molecular weight is 410 g/mol. The smallest absolute Gasteiger partial charge is 0.231 e. The maximum absolute atomic E-state index is 13.2. The molecule has 0 radical (unpaired) electrons. The van der Waals surface area contributed by atoms with Gasteiger partial charge in [0, 0.05) is 6.07 Å². The van der Waals surface area contributed by atoms with E-state index in [0.717, 1.165) is 0 Å². The third kappa shape index (κ3) is 2.79. The highest BCUT2D eigenvalue weighted by Crippen LogP contribution is 2.52. The molecule has 2 bridgehead atoms. The van der Waals surface area contributed by atoms with Gasteiger partial charge < -0.3 is 28.8 Å². The summed E-state index contributed by atoms with van der Waals surface area (Å²) in [5, 5.41) is 2.91. The highest BCUT2D eigenvalue weighted by molar-refractivity contribution is 6.00. The minimum Gasteiger partial charge on any atom is -0.497 e. The van der Waals surface area contributed by atoms with Crippen LogP contribution in [0, 0.1) is 11.8 Å². The van der Waals surface area contributed by atoms with Crippen molar-refractivity contribution >= 4 is 17.5 Å². The van der Waals surface area contributed by atoms with Crippen LogP contribution in [-0.4, -0.2) is 49.2 Å². The van der Waals surface area contributed by atoms with Crippen LogP contribution in [-0.2, 0) is 20.9 Å². The number of nitrogens with one attached hydrogen (secondary N) is 1. The van der Waals surface area contributed by atoms with Gasteiger partial charge >= 0.3 is 0 Å². The molecule has 156 valence electrons. The molecule has 4 atom stereocenters. The Kier molecular flexibility index (Phi) is 4.32. The molecule has 2 aromatic rings. The zero-order valence-corrected chi connectivity index (χ0v) is 16.7. The van der Waals surface area contributed by atoms with E-state index in [1.165, 1.54) is 7.11 Å². The zero-order chi connectivity index (χ0) is 20.9. The molecule has 2 saturated heterocycles. The summed E-state index contributed by atoms with van der Waals surface area (Å²) in [4.78, 5) is 28.2. The van der Waals surface area contributed by atoms with Gasteiger partial charge in [0.2, 0.25) is 11.8 Å². The lowest BCUT2D eigenvalue weighted by Crippen LogP contribution is -2.41. The number of fused-ring (bicyclic) bond motifs is 1. The molecule has 2 fully saturated rings. The van der Waals surface area contributed by atoms with Gasteiger partial charge in [-0.25, -0.2) is 0 Å². The summed E-state index contributed by atoms with van der Waals surface area (Å²) >= 11 is 0. The Balaban J connectivity index is 1.38. The van der Waals surface area contributed by atoms with Crippen LogP contribution < -0.4 is 14.8 Å². The molecule has 1 N–H and O–H groups in total. The third-order valence-electron chi connectivity index (χ3n) is 6.07. The molecular weight excluding hydrogens is 388 g/mol. The summed E-state index contributed by atoms with van der Waals surface area (Å²) in [6, 6.07) is 8.76. The largest absolute Gasteiger partial charge is 0.497 e. The molecule has 1 aromatic carbocycles. The molecular formula is C22H22N2O6. The Bertz CT molecular complexity index is 1020. The zero-order valence-electron chi connectivity index (χ0n) is 16.7. The Morgan fingerprint density at radius 1 is 1.30 bits per heavy atom. The first-order valence-electron chi connectivity index (χ1n) is 9.76. The van der Waals surface area contributed by atoms with Crippen LogP contribution in [0.25, 0.3) is 0 Å². The van der Waals surface area contributed by atoms with Crippen LogP contribution >= 0.6 is 0 Å². The molecule has 8 heteroatoms. The summed E-state index contributed by atoms with van der Waals surface area (Å²) in [7, 11) is 3.08. The molecule has 4 heterocycles. The fraction of sp³-hybridized carbons (Fsp3) is 0.364. The minimum absolute atomic E-state index is 0.0971. The van der Waals surface area contributed by atoms with Gasteiger partial charge in [-0.15, -0.1) is 0 Å². The van der Waals surface area contributed by atoms with E-state index in [1.54, 1.807) is 42.5 Å². The lowest BCUT2D eigenvalue weighted by Gasteiger charge is -2.24. The summed E-state index contributed by atoms with van der Waals surface area (Å²) < 4.78 is 22.1. The summed E-state index contributed by atoms with van der Waals surface area (Å²) in [5.41, 5.74) is -0.248. The summed E-state index contributed by atoms with van der Waals surface area (Å²) in [5.74, 6) is 0.251. The molecule has 3 aliphatic heterocycles. The van der Waals surface area contributed by atoms with E-state index in [2.05, 4.69) is 5.32 Å². The number of nitrogens with zero attached hydrogens (tertiary/aromatic N) is 1. The Morgan fingerprint density at radius 2 is 2.17 bits per heavy atom. The van der Waals surface area contributed by atoms with Gasteiger partial charge in [-0.2, -0.15) is 0 Å². The van der Waals surface area contributed by atoms with Crippen LogP contribution in [0.15, 0.2) is 53.2 Å². The maximum Gasteiger partial charge on any atom is 0.231 e. The highest BCUT2D eigenvalue weighted by atomic mass is 16.5. The number of furan rings is 1. The Labute approximate surface area is 173 Å². The summed E-state index contributed by atoms with van der Waals surface area (Å²) in [6.45, 7) is 0.756. The molecule has 0 unspecified atom stereocenters. The van der Waals surface area contributed by atoms with Crippen molar-refractivity contribution < 1.29 is 28.2 Å². The number of carbonyl (C=O) groups is 2. The SMILES string of the molecule is COc1ccc(NC(=O)[C@H]2[C@H]3C(=O)N(Cc4ccco4)C[C@@]34C=C[C@H]2O4)c(OC)c1. The molecule has 1 aromatic heterocycles. The molecule has 5 rings (SSSR count). The van der Waals surface area contributed by atoms with E-state index in [0.29, 0.717) is 36.0 Å². The fourth-order valence-electron chi connectivity index (χ4n) is 4.72. The van der Waals surface area contributed by atoms with Crippen LogP contribution in [0.3, 0.4) is 0 Å². The van der Waals surface area contributed by atoms with Gasteiger partial charge in [0.1, 0.15) is 22.9 Å². The Hall–Kier alpha value is -3.26. The molecule has 0 aliphatic carbocycles. The number of rotatable bonds is 6. The summed E-state index contributed by atoms with van der Waals surface area (Å²) in [6.07, 6.45) is 4.97. The number of hydrogen-bond acceptors (Lipinski definition) is 6. The monoisotopic (exact) mass is 410 g/mol. The second kappa shape index (κ2) is 6.91. The molecule has 0 saturated carbocycles. The van der Waals surface area contributed by atoms with E-state index >= 15 is 0 Å². The number of ether oxygens (including phenoxy) is 3. The predicted octanol–water partition coefficient (Wildman–Crippen LogP) is 2.22. The minimum atomic E-state index is -0.764. The Morgan fingerprint density at radius 3 is 2.90 bits per heavy atom. The molecule has 3 aliphatic rings. The number of hydrogen-bond donors (Lipinski definition) is 1. The maximum atomic E-state index is 13.2. The molecule has 1 spiro atoms. The van der Waals surface area contributed by atoms with Crippen LogP contribution in [0.2, 0.25) is 0 Å². The van der Waals surface area contributed by atoms with Crippen molar-refractivity contribution in [1.29, 1.82) is 0 Å². The fourth-order valence-corrected chi connectivity index (χ4v) is 4.72. The van der Waals surface area contributed by atoms with E-state index in [-0.39, 0.29) is 11.8 Å². The molecule has 8 nitrogen and oxygen atoms in total. The highest BCUT2D eigenvalue weighted by Gasteiger charge is 2.66. The van der Waals surface area contributed by atoms with Gasteiger partial charge in [0.05, 0.1) is 57.2 Å². The standard InChI is InChI=1S/C22H22N2O6/c1-27-13-5-6-15(17(10-13)28-2)23-20(25)18-16-7-8-22(30-16)12-24(21(26)19(18)22)11-14-4-3-9-29-14/h3-10,16,18-19H,11-12H2,1-2H3,(H,23,25)/t16-,18-,19+,22+/m1/s1. The van der Waals surface area contributed by atoms with Crippen molar-refractivity contribution in [3.8, 4) is 11.5 Å². The van der Waals surface area contributed by atoms with Crippen molar-refractivity contribution in [2.24, 2.45) is 11.8 Å². The van der Waals surface area contributed by atoms with Crippen molar-refractivity contribution in [3.05, 3.63) is 54.5 Å². The van der Waals surface area contributed by atoms with E-state index in [1.807, 2.05) is 18.2 Å². The van der Waals surface area contributed by atoms with Gasteiger partial charge in [-0.1, -0.05) is 12.2 Å². The number of benzene rings is 1. The van der Waals surface area contributed by atoms with Crippen molar-refractivity contribution in [3.63, 3.8) is 0 Å². The molecule has 30 heavy (non-hydrogen) atoms. The van der Waals surface area contributed by atoms with Crippen molar-refractivity contribution in [1.82, 2.24) is 4.90 Å². The van der Waals surface area contributed by atoms with Gasteiger partial charge in [0.15, 0.2) is 0 Å². The predicted molar refractivity (Wildman–Crippen MR) is 106 cm³/mol. The van der Waals surface area contributed by atoms with E-state index in [4.69, 9.17) is 18.6 Å². The van der Waals surface area contributed by atoms with Gasteiger partial charge in [-0.3, -0.25) is 9.59 Å². The topological polar surface area (TPSA) is 90.2 Å². The number of carbonyl (C=O) groups excluding carboxylic acids is 2. The van der Waals surface area contributed by atoms with Crippen LogP contribution in [0.5, 0.6) is 11.5 Å². The van der Waals surface area contributed by atoms with Crippen LogP contribution in [0.1, 0.15) is 5.76 Å². The first-order chi connectivity index (χ1) is 14.5. The first kappa shape index (κ1) is 18.7. The normalized spacial score (nSPS) is 28.7. The van der Waals surface area contributed by atoms with Crippen LogP contribution in [0.4, 0.5) is 5.69 Å². The molecule has 2 amide bonds. The lowest BCUT2D eigenvalue weighted by molar-refractivity contribution is -0.136. The van der Waals surface area contributed by atoms with Gasteiger partial charge in [0.25, 0.3) is 0 Å². The number of amides is 2. The third-order valence-corrected chi connectivity index (χ3v) is 6.07. The van der Waals surface area contributed by atoms with Crippen molar-refractivity contribution in [2.75, 3.05) is 26.1 Å². The van der Waals surface area contributed by atoms with E-state index < -0.39 is 23.5 Å². The number of methoxy groups -OCH3 is 2. The van der Waals surface area contributed by atoms with Crippen molar-refractivity contribution in [2.45, 2.75) is 18.2 Å². The number of anilines is 1. The average Bonchev–Trinajstić information content (AvgIpc) is 3.52.